The van der Waals surface area contributed by atoms with E-state index in [4.69, 9.17) is 21.1 Å². The molecular formula is C18H20ClNO3. The Morgan fingerprint density at radius 3 is 2.48 bits per heavy atom. The van der Waals surface area contributed by atoms with Crippen LogP contribution in [0.1, 0.15) is 18.9 Å². The minimum atomic E-state index is -0.488. The SMILES string of the molecule is CC[C@H](Oc1ccc(OCc2cccc(Cl)c2)cc1)C(=O)NC. The van der Waals surface area contributed by atoms with E-state index < -0.39 is 6.10 Å². The van der Waals surface area contributed by atoms with Crippen LogP contribution in [0.3, 0.4) is 0 Å². The molecule has 1 amide bonds. The highest BCUT2D eigenvalue weighted by molar-refractivity contribution is 6.30. The van der Waals surface area contributed by atoms with Crippen molar-refractivity contribution >= 4 is 17.5 Å². The molecule has 0 bridgehead atoms. The van der Waals surface area contributed by atoms with Gasteiger partial charge in [-0.3, -0.25) is 4.79 Å². The van der Waals surface area contributed by atoms with Crippen molar-refractivity contribution in [1.29, 1.82) is 0 Å². The zero-order valence-electron chi connectivity index (χ0n) is 13.2. The summed E-state index contributed by atoms with van der Waals surface area (Å²) in [4.78, 5) is 11.6. The molecule has 0 radical (unpaired) electrons. The molecule has 0 aliphatic heterocycles. The highest BCUT2D eigenvalue weighted by atomic mass is 35.5. The predicted molar refractivity (Wildman–Crippen MR) is 91.0 cm³/mol. The van der Waals surface area contributed by atoms with Gasteiger partial charge < -0.3 is 14.8 Å². The van der Waals surface area contributed by atoms with Crippen molar-refractivity contribution in [3.8, 4) is 11.5 Å². The molecule has 1 atom stereocenters. The molecule has 0 heterocycles. The van der Waals surface area contributed by atoms with Gasteiger partial charge in [0.2, 0.25) is 0 Å². The number of rotatable bonds is 7. The van der Waals surface area contributed by atoms with E-state index in [0.29, 0.717) is 23.8 Å². The monoisotopic (exact) mass is 333 g/mol. The van der Waals surface area contributed by atoms with Gasteiger partial charge in [0.25, 0.3) is 5.91 Å². The second-order valence-electron chi connectivity index (χ2n) is 5.02. The van der Waals surface area contributed by atoms with Gasteiger partial charge in [-0.15, -0.1) is 0 Å². The molecule has 0 fully saturated rings. The van der Waals surface area contributed by atoms with E-state index in [1.807, 2.05) is 43.3 Å². The molecule has 0 aliphatic carbocycles. The lowest BCUT2D eigenvalue weighted by molar-refractivity contribution is -0.127. The Morgan fingerprint density at radius 1 is 1.17 bits per heavy atom. The van der Waals surface area contributed by atoms with Crippen molar-refractivity contribution in [3.63, 3.8) is 0 Å². The van der Waals surface area contributed by atoms with Gasteiger partial charge in [-0.05, 0) is 48.4 Å². The first-order chi connectivity index (χ1) is 11.1. The van der Waals surface area contributed by atoms with Crippen LogP contribution in [0.2, 0.25) is 5.02 Å². The summed E-state index contributed by atoms with van der Waals surface area (Å²) in [5.41, 5.74) is 1.00. The fourth-order valence-electron chi connectivity index (χ4n) is 2.06. The normalized spacial score (nSPS) is 11.6. The Bertz CT molecular complexity index is 643. The van der Waals surface area contributed by atoms with Crippen molar-refractivity contribution in [2.75, 3.05) is 7.05 Å². The van der Waals surface area contributed by atoms with Gasteiger partial charge in [0.15, 0.2) is 6.10 Å². The summed E-state index contributed by atoms with van der Waals surface area (Å²) < 4.78 is 11.4. The zero-order chi connectivity index (χ0) is 16.7. The zero-order valence-corrected chi connectivity index (χ0v) is 14.0. The molecule has 23 heavy (non-hydrogen) atoms. The summed E-state index contributed by atoms with van der Waals surface area (Å²) in [5.74, 6) is 1.23. The van der Waals surface area contributed by atoms with Crippen LogP contribution in [0.15, 0.2) is 48.5 Å². The van der Waals surface area contributed by atoms with Crippen molar-refractivity contribution < 1.29 is 14.3 Å². The Hall–Kier alpha value is -2.20. The maximum atomic E-state index is 11.6. The number of hydrogen-bond donors (Lipinski definition) is 1. The van der Waals surface area contributed by atoms with E-state index in [2.05, 4.69) is 5.32 Å². The smallest absolute Gasteiger partial charge is 0.260 e. The number of hydrogen-bond acceptors (Lipinski definition) is 3. The van der Waals surface area contributed by atoms with Crippen LogP contribution >= 0.6 is 11.6 Å². The molecule has 2 aromatic carbocycles. The van der Waals surface area contributed by atoms with Crippen LogP contribution in [0.4, 0.5) is 0 Å². The molecule has 0 unspecified atom stereocenters. The second-order valence-corrected chi connectivity index (χ2v) is 5.46. The number of amides is 1. The summed E-state index contributed by atoms with van der Waals surface area (Å²) >= 11 is 5.94. The van der Waals surface area contributed by atoms with Crippen molar-refractivity contribution in [1.82, 2.24) is 5.32 Å². The highest BCUT2D eigenvalue weighted by Crippen LogP contribution is 2.21. The Morgan fingerprint density at radius 2 is 1.87 bits per heavy atom. The largest absolute Gasteiger partial charge is 0.489 e. The van der Waals surface area contributed by atoms with E-state index >= 15 is 0 Å². The van der Waals surface area contributed by atoms with Crippen LogP contribution in [-0.2, 0) is 11.4 Å². The van der Waals surface area contributed by atoms with Crippen LogP contribution in [-0.4, -0.2) is 19.1 Å². The quantitative estimate of drug-likeness (QED) is 0.837. The number of likely N-dealkylation sites (N-methyl/N-ethyl adjacent to an activating group) is 1. The third-order valence-corrected chi connectivity index (χ3v) is 3.54. The molecule has 0 saturated heterocycles. The van der Waals surface area contributed by atoms with Crippen molar-refractivity contribution in [2.24, 2.45) is 0 Å². The minimum absolute atomic E-state index is 0.131. The second kappa shape index (κ2) is 8.44. The number of carbonyl (C=O) groups excluding carboxylic acids is 1. The Balaban J connectivity index is 1.92. The standard InChI is InChI=1S/C18H20ClNO3/c1-3-17(18(21)20-2)23-16-9-7-15(8-10-16)22-12-13-5-4-6-14(19)11-13/h4-11,17H,3,12H2,1-2H3,(H,20,21)/t17-/m0/s1. The number of benzene rings is 2. The first-order valence-corrected chi connectivity index (χ1v) is 7.85. The van der Waals surface area contributed by atoms with E-state index in [1.54, 1.807) is 19.2 Å². The minimum Gasteiger partial charge on any atom is -0.489 e. The number of carbonyl (C=O) groups is 1. The molecule has 4 nitrogen and oxygen atoms in total. The fraction of sp³-hybridized carbons (Fsp3) is 0.278. The molecule has 2 aromatic rings. The van der Waals surface area contributed by atoms with E-state index in [-0.39, 0.29) is 5.91 Å². The van der Waals surface area contributed by atoms with Gasteiger partial charge in [-0.1, -0.05) is 30.7 Å². The molecule has 2 rings (SSSR count). The van der Waals surface area contributed by atoms with Gasteiger partial charge in [0.1, 0.15) is 18.1 Å². The fourth-order valence-corrected chi connectivity index (χ4v) is 2.27. The number of halogens is 1. The van der Waals surface area contributed by atoms with E-state index in [1.165, 1.54) is 0 Å². The van der Waals surface area contributed by atoms with E-state index in [0.717, 1.165) is 11.3 Å². The molecule has 0 saturated carbocycles. The van der Waals surface area contributed by atoms with Crippen LogP contribution in [0.25, 0.3) is 0 Å². The van der Waals surface area contributed by atoms with Crippen LogP contribution < -0.4 is 14.8 Å². The summed E-state index contributed by atoms with van der Waals surface area (Å²) in [6, 6.07) is 14.8. The topological polar surface area (TPSA) is 47.6 Å². The summed E-state index contributed by atoms with van der Waals surface area (Å²) in [7, 11) is 1.60. The summed E-state index contributed by atoms with van der Waals surface area (Å²) in [5, 5.41) is 3.28. The first-order valence-electron chi connectivity index (χ1n) is 7.48. The molecule has 5 heteroatoms. The molecule has 0 aromatic heterocycles. The maximum Gasteiger partial charge on any atom is 0.260 e. The number of nitrogens with one attached hydrogen (secondary N) is 1. The van der Waals surface area contributed by atoms with Crippen LogP contribution in [0.5, 0.6) is 11.5 Å². The Kier molecular flexibility index (Phi) is 6.29. The van der Waals surface area contributed by atoms with Gasteiger partial charge >= 0.3 is 0 Å². The third kappa shape index (κ3) is 5.18. The third-order valence-electron chi connectivity index (χ3n) is 3.31. The highest BCUT2D eigenvalue weighted by Gasteiger charge is 2.16. The molecule has 0 aliphatic rings. The maximum absolute atomic E-state index is 11.6. The molecule has 1 N–H and O–H groups in total. The van der Waals surface area contributed by atoms with Crippen molar-refractivity contribution in [3.05, 3.63) is 59.1 Å². The summed E-state index contributed by atoms with van der Waals surface area (Å²) in [6.45, 7) is 2.35. The average Bonchev–Trinajstić information content (AvgIpc) is 2.58. The van der Waals surface area contributed by atoms with Gasteiger partial charge in [0.05, 0.1) is 0 Å². The van der Waals surface area contributed by atoms with E-state index in [9.17, 15) is 4.79 Å². The summed E-state index contributed by atoms with van der Waals surface area (Å²) in [6.07, 6.45) is 0.116. The lowest BCUT2D eigenvalue weighted by Crippen LogP contribution is -2.35. The van der Waals surface area contributed by atoms with Crippen LogP contribution in [0, 0.1) is 0 Å². The predicted octanol–water partition coefficient (Wildman–Crippen LogP) is 3.82. The first kappa shape index (κ1) is 17.2. The lowest BCUT2D eigenvalue weighted by atomic mass is 10.2. The van der Waals surface area contributed by atoms with Crippen molar-refractivity contribution in [2.45, 2.75) is 26.1 Å². The number of ether oxygens (including phenoxy) is 2. The lowest BCUT2D eigenvalue weighted by Gasteiger charge is -2.16. The van der Waals surface area contributed by atoms with Gasteiger partial charge in [0, 0.05) is 12.1 Å². The average molecular weight is 334 g/mol. The molecular weight excluding hydrogens is 314 g/mol. The van der Waals surface area contributed by atoms with Gasteiger partial charge in [-0.2, -0.15) is 0 Å². The molecule has 122 valence electrons. The molecule has 0 spiro atoms. The Labute approximate surface area is 141 Å². The van der Waals surface area contributed by atoms with Gasteiger partial charge in [-0.25, -0.2) is 0 Å².